The highest BCUT2D eigenvalue weighted by atomic mass is 79.9. The van der Waals surface area contributed by atoms with Crippen LogP contribution in [0, 0.1) is 0 Å². The molecule has 0 saturated heterocycles. The molecule has 0 aliphatic rings. The third-order valence-electron chi connectivity index (χ3n) is 7.00. The zero-order valence-corrected chi connectivity index (χ0v) is 21.6. The van der Waals surface area contributed by atoms with E-state index in [0.717, 1.165) is 21.5 Å². The monoisotopic (exact) mass is 538 g/mol. The zero-order chi connectivity index (χ0) is 24.8. The average molecular weight is 539 g/mol. The van der Waals surface area contributed by atoms with Gasteiger partial charge in [0.25, 0.3) is 0 Å². The lowest BCUT2D eigenvalue weighted by Crippen LogP contribution is -2.10. The molecule has 37 heavy (non-hydrogen) atoms. The Morgan fingerprint density at radius 3 is 1.92 bits per heavy atom. The summed E-state index contributed by atoms with van der Waals surface area (Å²) in [5.74, 6) is 0. The Bertz CT molecular complexity index is 1890. The zero-order valence-electron chi connectivity index (χ0n) is 20.1. The number of para-hydroxylation sites is 3. The molecule has 0 aliphatic heterocycles. The third-order valence-corrected chi connectivity index (χ3v) is 7.65. The summed E-state index contributed by atoms with van der Waals surface area (Å²) in [6.07, 6.45) is 0. The fraction of sp³-hybridized carbons (Fsp3) is 0. The van der Waals surface area contributed by atoms with Gasteiger partial charge in [-0.25, -0.2) is 0 Å². The molecule has 7 aromatic rings. The SMILES string of the molecule is Brc1cc(N(c2ccccc2)c2ccc3c(c2)c2ccccc2n3-c2ccccc2)cc2ccccc12. The molecule has 6 aromatic carbocycles. The van der Waals surface area contributed by atoms with E-state index in [9.17, 15) is 0 Å². The number of nitrogens with zero attached hydrogens (tertiary/aromatic N) is 2. The van der Waals surface area contributed by atoms with Gasteiger partial charge in [0.05, 0.1) is 11.0 Å². The second kappa shape index (κ2) is 8.95. The second-order valence-corrected chi connectivity index (χ2v) is 10.1. The first-order valence-corrected chi connectivity index (χ1v) is 13.2. The number of aromatic nitrogens is 1. The molecule has 7 rings (SSSR count). The van der Waals surface area contributed by atoms with Gasteiger partial charge in [0.1, 0.15) is 0 Å². The van der Waals surface area contributed by atoms with Gasteiger partial charge in [-0.3, -0.25) is 0 Å². The van der Waals surface area contributed by atoms with E-state index in [0.29, 0.717) is 0 Å². The standard InChI is InChI=1S/C34H23BrN2/c35-32-23-28(21-24-11-7-8-16-29(24)32)36(25-12-3-1-4-13-25)27-19-20-34-31(22-27)30-17-9-10-18-33(30)37(34)26-14-5-2-6-15-26/h1-23H. The summed E-state index contributed by atoms with van der Waals surface area (Å²) < 4.78 is 3.44. The van der Waals surface area contributed by atoms with Crippen LogP contribution in [-0.2, 0) is 0 Å². The molecule has 1 aromatic heterocycles. The van der Waals surface area contributed by atoms with Crippen molar-refractivity contribution in [1.29, 1.82) is 0 Å². The first-order chi connectivity index (χ1) is 18.3. The predicted octanol–water partition coefficient (Wildman–Crippen LogP) is 10.2. The number of anilines is 3. The van der Waals surface area contributed by atoms with Crippen LogP contribution in [-0.4, -0.2) is 4.57 Å². The van der Waals surface area contributed by atoms with Crippen LogP contribution in [0.4, 0.5) is 17.1 Å². The summed E-state index contributed by atoms with van der Waals surface area (Å²) in [5.41, 5.74) is 6.93. The molecule has 2 nitrogen and oxygen atoms in total. The maximum atomic E-state index is 3.83. The Labute approximate surface area is 224 Å². The summed E-state index contributed by atoms with van der Waals surface area (Å²) in [6, 6.07) is 49.6. The lowest BCUT2D eigenvalue weighted by Gasteiger charge is -2.26. The van der Waals surface area contributed by atoms with Gasteiger partial charge in [0.15, 0.2) is 0 Å². The number of benzene rings is 6. The Balaban J connectivity index is 1.49. The number of hydrogen-bond donors (Lipinski definition) is 0. The maximum absolute atomic E-state index is 3.83. The fourth-order valence-corrected chi connectivity index (χ4v) is 5.95. The molecule has 1 heterocycles. The topological polar surface area (TPSA) is 8.17 Å². The van der Waals surface area contributed by atoms with E-state index < -0.39 is 0 Å². The first kappa shape index (κ1) is 21.9. The molecule has 0 fully saturated rings. The molecular weight excluding hydrogens is 516 g/mol. The Hall–Kier alpha value is -4.34. The summed E-state index contributed by atoms with van der Waals surface area (Å²) >= 11 is 3.83. The third kappa shape index (κ3) is 3.71. The normalized spacial score (nSPS) is 11.4. The lowest BCUT2D eigenvalue weighted by molar-refractivity contribution is 1.18. The van der Waals surface area contributed by atoms with Crippen LogP contribution < -0.4 is 4.90 Å². The minimum absolute atomic E-state index is 1.09. The highest BCUT2D eigenvalue weighted by molar-refractivity contribution is 9.10. The predicted molar refractivity (Wildman–Crippen MR) is 161 cm³/mol. The van der Waals surface area contributed by atoms with Gasteiger partial charge in [0, 0.05) is 38.0 Å². The van der Waals surface area contributed by atoms with E-state index >= 15 is 0 Å². The highest BCUT2D eigenvalue weighted by Crippen LogP contribution is 2.41. The van der Waals surface area contributed by atoms with Crippen molar-refractivity contribution in [2.75, 3.05) is 4.90 Å². The van der Waals surface area contributed by atoms with Crippen molar-refractivity contribution in [3.8, 4) is 5.69 Å². The van der Waals surface area contributed by atoms with Crippen molar-refractivity contribution in [2.24, 2.45) is 0 Å². The van der Waals surface area contributed by atoms with Crippen LogP contribution >= 0.6 is 15.9 Å². The van der Waals surface area contributed by atoms with Gasteiger partial charge >= 0.3 is 0 Å². The molecular formula is C34H23BrN2. The largest absolute Gasteiger partial charge is 0.310 e. The van der Waals surface area contributed by atoms with Crippen molar-refractivity contribution >= 4 is 65.6 Å². The van der Waals surface area contributed by atoms with Crippen molar-refractivity contribution in [1.82, 2.24) is 4.57 Å². The molecule has 0 unspecified atom stereocenters. The van der Waals surface area contributed by atoms with Crippen molar-refractivity contribution < 1.29 is 0 Å². The lowest BCUT2D eigenvalue weighted by atomic mass is 10.1. The van der Waals surface area contributed by atoms with Crippen molar-refractivity contribution in [2.45, 2.75) is 0 Å². The minimum atomic E-state index is 1.09. The van der Waals surface area contributed by atoms with Gasteiger partial charge in [-0.1, -0.05) is 94.8 Å². The van der Waals surface area contributed by atoms with Gasteiger partial charge < -0.3 is 9.47 Å². The van der Waals surface area contributed by atoms with Crippen LogP contribution in [0.15, 0.2) is 144 Å². The molecule has 0 saturated carbocycles. The molecule has 3 heteroatoms. The fourth-order valence-electron chi connectivity index (χ4n) is 5.36. The van der Waals surface area contributed by atoms with Crippen LogP contribution in [0.25, 0.3) is 38.3 Å². The molecule has 0 atom stereocenters. The van der Waals surface area contributed by atoms with Gasteiger partial charge in [0.2, 0.25) is 0 Å². The number of halogens is 1. The van der Waals surface area contributed by atoms with Crippen LogP contribution in [0.5, 0.6) is 0 Å². The van der Waals surface area contributed by atoms with E-state index in [4.69, 9.17) is 0 Å². The van der Waals surface area contributed by atoms with Gasteiger partial charge in [-0.05, 0) is 71.4 Å². The summed E-state index contributed by atoms with van der Waals surface area (Å²) in [5, 5.41) is 4.89. The molecule has 0 aliphatic carbocycles. The average Bonchev–Trinajstić information content (AvgIpc) is 3.28. The van der Waals surface area contributed by atoms with E-state index in [-0.39, 0.29) is 0 Å². The minimum Gasteiger partial charge on any atom is -0.310 e. The smallest absolute Gasteiger partial charge is 0.0542 e. The molecule has 0 spiro atoms. The maximum Gasteiger partial charge on any atom is 0.0542 e. The van der Waals surface area contributed by atoms with Crippen LogP contribution in [0.1, 0.15) is 0 Å². The van der Waals surface area contributed by atoms with E-state index in [1.165, 1.54) is 38.3 Å². The number of fused-ring (bicyclic) bond motifs is 4. The van der Waals surface area contributed by atoms with Crippen LogP contribution in [0.2, 0.25) is 0 Å². The highest BCUT2D eigenvalue weighted by Gasteiger charge is 2.18. The van der Waals surface area contributed by atoms with Crippen molar-refractivity contribution in [3.63, 3.8) is 0 Å². The molecule has 0 amide bonds. The Morgan fingerprint density at radius 1 is 0.459 bits per heavy atom. The van der Waals surface area contributed by atoms with E-state index in [1.807, 2.05) is 0 Å². The molecule has 0 radical (unpaired) electrons. The van der Waals surface area contributed by atoms with Gasteiger partial charge in [-0.2, -0.15) is 0 Å². The summed E-state index contributed by atoms with van der Waals surface area (Å²) in [7, 11) is 0. The first-order valence-electron chi connectivity index (χ1n) is 12.4. The summed E-state index contributed by atoms with van der Waals surface area (Å²) in [6.45, 7) is 0. The Kier molecular flexibility index (Phi) is 5.30. The second-order valence-electron chi connectivity index (χ2n) is 9.21. The quantitative estimate of drug-likeness (QED) is 0.216. The Morgan fingerprint density at radius 2 is 1.11 bits per heavy atom. The summed E-state index contributed by atoms with van der Waals surface area (Å²) in [4.78, 5) is 2.34. The number of rotatable bonds is 4. The molecule has 0 N–H and O–H groups in total. The molecule has 176 valence electrons. The van der Waals surface area contributed by atoms with E-state index in [2.05, 4.69) is 165 Å². The molecule has 0 bridgehead atoms. The van der Waals surface area contributed by atoms with Crippen molar-refractivity contribution in [3.05, 3.63) is 144 Å². The van der Waals surface area contributed by atoms with Crippen LogP contribution in [0.3, 0.4) is 0 Å². The van der Waals surface area contributed by atoms with E-state index in [1.54, 1.807) is 0 Å². The van der Waals surface area contributed by atoms with Gasteiger partial charge in [-0.15, -0.1) is 0 Å². The number of hydrogen-bond acceptors (Lipinski definition) is 1.